The van der Waals surface area contributed by atoms with Gasteiger partial charge in [-0.15, -0.1) is 0 Å². The van der Waals surface area contributed by atoms with Crippen LogP contribution in [-0.4, -0.2) is 49.0 Å². The summed E-state index contributed by atoms with van der Waals surface area (Å²) in [5.41, 5.74) is 1.55. The lowest BCUT2D eigenvalue weighted by Crippen LogP contribution is -2.45. The van der Waals surface area contributed by atoms with E-state index in [-0.39, 0.29) is 17.4 Å². The minimum absolute atomic E-state index is 0.187. The molecule has 1 atom stereocenters. The number of aliphatic imine (C=N–C) groups is 1. The number of rotatable bonds is 6. The van der Waals surface area contributed by atoms with Crippen LogP contribution in [0.1, 0.15) is 45.1 Å². The first-order chi connectivity index (χ1) is 12.6. The number of guanidine groups is 1. The SMILES string of the molecule is CCNC(=NCC1(c2cccc(Br)c2)CC1)NC1CCN(C(=O)CC)C1. The van der Waals surface area contributed by atoms with Crippen LogP contribution in [0.4, 0.5) is 0 Å². The van der Waals surface area contributed by atoms with E-state index in [1.54, 1.807) is 0 Å². The van der Waals surface area contributed by atoms with E-state index >= 15 is 0 Å². The molecule has 2 N–H and O–H groups in total. The molecule has 0 bridgehead atoms. The summed E-state index contributed by atoms with van der Waals surface area (Å²) >= 11 is 3.58. The van der Waals surface area contributed by atoms with Crippen LogP contribution in [0.15, 0.2) is 33.7 Å². The molecule has 1 aliphatic heterocycles. The van der Waals surface area contributed by atoms with Crippen LogP contribution in [-0.2, 0) is 10.2 Å². The number of likely N-dealkylation sites (tertiary alicyclic amines) is 1. The van der Waals surface area contributed by atoms with Gasteiger partial charge in [-0.2, -0.15) is 0 Å². The number of nitrogens with zero attached hydrogens (tertiary/aromatic N) is 2. The number of halogens is 1. The number of carbonyl (C=O) groups excluding carboxylic acids is 1. The van der Waals surface area contributed by atoms with Crippen LogP contribution in [0.3, 0.4) is 0 Å². The van der Waals surface area contributed by atoms with Crippen molar-refractivity contribution < 1.29 is 4.79 Å². The molecule has 1 unspecified atom stereocenters. The highest BCUT2D eigenvalue weighted by molar-refractivity contribution is 9.10. The lowest BCUT2D eigenvalue weighted by atomic mass is 9.96. The minimum atomic E-state index is 0.187. The Morgan fingerprint density at radius 2 is 2.19 bits per heavy atom. The Morgan fingerprint density at radius 1 is 1.38 bits per heavy atom. The fourth-order valence-corrected chi connectivity index (χ4v) is 3.98. The van der Waals surface area contributed by atoms with E-state index in [0.29, 0.717) is 6.42 Å². The molecule has 1 saturated carbocycles. The first kappa shape index (κ1) is 19.2. The molecule has 142 valence electrons. The van der Waals surface area contributed by atoms with Crippen molar-refractivity contribution in [1.82, 2.24) is 15.5 Å². The summed E-state index contributed by atoms with van der Waals surface area (Å²) in [7, 11) is 0. The molecule has 2 aliphatic rings. The number of hydrogen-bond donors (Lipinski definition) is 2. The third-order valence-electron chi connectivity index (χ3n) is 5.36. The number of hydrogen-bond acceptors (Lipinski definition) is 2. The first-order valence-corrected chi connectivity index (χ1v) is 10.4. The number of benzene rings is 1. The Balaban J connectivity index is 1.62. The second kappa shape index (κ2) is 8.42. The minimum Gasteiger partial charge on any atom is -0.357 e. The van der Waals surface area contributed by atoms with Gasteiger partial charge in [0.25, 0.3) is 0 Å². The van der Waals surface area contributed by atoms with E-state index in [0.717, 1.165) is 43.0 Å². The third-order valence-corrected chi connectivity index (χ3v) is 5.85. The Labute approximate surface area is 164 Å². The van der Waals surface area contributed by atoms with E-state index < -0.39 is 0 Å². The van der Waals surface area contributed by atoms with Gasteiger partial charge in [-0.1, -0.05) is 35.0 Å². The summed E-state index contributed by atoms with van der Waals surface area (Å²) < 4.78 is 1.13. The highest BCUT2D eigenvalue weighted by Gasteiger charge is 2.44. The summed E-state index contributed by atoms with van der Waals surface area (Å²) in [4.78, 5) is 18.7. The van der Waals surface area contributed by atoms with Crippen molar-refractivity contribution in [2.45, 2.75) is 51.0 Å². The molecular weight excluding hydrogens is 392 g/mol. The summed E-state index contributed by atoms with van der Waals surface area (Å²) in [6.45, 7) is 7.24. The van der Waals surface area contributed by atoms with Gasteiger partial charge >= 0.3 is 0 Å². The van der Waals surface area contributed by atoms with E-state index in [9.17, 15) is 4.79 Å². The molecule has 0 radical (unpaired) electrons. The van der Waals surface area contributed by atoms with Gasteiger partial charge in [0.15, 0.2) is 5.96 Å². The van der Waals surface area contributed by atoms with Gasteiger partial charge in [0.05, 0.1) is 6.54 Å². The highest BCUT2D eigenvalue weighted by atomic mass is 79.9. The topological polar surface area (TPSA) is 56.7 Å². The van der Waals surface area contributed by atoms with Gasteiger partial charge in [0, 0.05) is 42.0 Å². The van der Waals surface area contributed by atoms with Crippen LogP contribution < -0.4 is 10.6 Å². The Hall–Kier alpha value is -1.56. The molecule has 5 nitrogen and oxygen atoms in total. The lowest BCUT2D eigenvalue weighted by molar-refractivity contribution is -0.129. The van der Waals surface area contributed by atoms with Crippen molar-refractivity contribution >= 4 is 27.8 Å². The Bertz CT molecular complexity index is 672. The van der Waals surface area contributed by atoms with Crippen molar-refractivity contribution in [3.05, 3.63) is 34.3 Å². The summed E-state index contributed by atoms with van der Waals surface area (Å²) in [5.74, 6) is 1.10. The molecule has 0 spiro atoms. The molecule has 1 aliphatic carbocycles. The second-order valence-corrected chi connectivity index (χ2v) is 8.22. The maximum Gasteiger partial charge on any atom is 0.222 e. The van der Waals surface area contributed by atoms with Crippen molar-refractivity contribution in [2.75, 3.05) is 26.2 Å². The molecule has 6 heteroatoms. The first-order valence-electron chi connectivity index (χ1n) is 9.65. The molecular formula is C20H29BrN4O. The summed E-state index contributed by atoms with van der Waals surface area (Å²) in [6.07, 6.45) is 3.94. The number of nitrogens with one attached hydrogen (secondary N) is 2. The average Bonchev–Trinajstić information content (AvgIpc) is 3.30. The third kappa shape index (κ3) is 4.58. The zero-order chi connectivity index (χ0) is 18.6. The fraction of sp³-hybridized carbons (Fsp3) is 0.600. The quantitative estimate of drug-likeness (QED) is 0.549. The zero-order valence-electron chi connectivity index (χ0n) is 15.7. The van der Waals surface area contributed by atoms with Crippen molar-refractivity contribution in [3.8, 4) is 0 Å². The standard InChI is InChI=1S/C20H29BrN4O/c1-3-18(26)25-11-8-17(13-25)24-19(22-4-2)23-14-20(9-10-20)15-6-5-7-16(21)12-15/h5-7,12,17H,3-4,8-11,13-14H2,1-2H3,(H2,22,23,24). The molecule has 26 heavy (non-hydrogen) atoms. The molecule has 1 aromatic rings. The molecule has 3 rings (SSSR count). The fourth-order valence-electron chi connectivity index (χ4n) is 3.58. The summed E-state index contributed by atoms with van der Waals surface area (Å²) in [5, 5.41) is 6.88. The number of carbonyl (C=O) groups is 1. The van der Waals surface area contributed by atoms with Crippen LogP contribution in [0.2, 0.25) is 0 Å². The molecule has 1 saturated heterocycles. The van der Waals surface area contributed by atoms with Gasteiger partial charge in [0.2, 0.25) is 5.91 Å². The second-order valence-electron chi connectivity index (χ2n) is 7.31. The molecule has 1 heterocycles. The number of amides is 1. The normalized spacial score (nSPS) is 21.6. The van der Waals surface area contributed by atoms with E-state index in [4.69, 9.17) is 4.99 Å². The average molecular weight is 421 g/mol. The van der Waals surface area contributed by atoms with Gasteiger partial charge in [-0.05, 0) is 43.9 Å². The Morgan fingerprint density at radius 3 is 2.85 bits per heavy atom. The van der Waals surface area contributed by atoms with Crippen LogP contribution in [0.25, 0.3) is 0 Å². The van der Waals surface area contributed by atoms with Crippen molar-refractivity contribution in [2.24, 2.45) is 4.99 Å². The van der Waals surface area contributed by atoms with Crippen molar-refractivity contribution in [3.63, 3.8) is 0 Å². The summed E-state index contributed by atoms with van der Waals surface area (Å²) in [6, 6.07) is 8.87. The van der Waals surface area contributed by atoms with Gasteiger partial charge in [-0.25, -0.2) is 0 Å². The largest absolute Gasteiger partial charge is 0.357 e. The van der Waals surface area contributed by atoms with Gasteiger partial charge in [0.1, 0.15) is 0 Å². The monoisotopic (exact) mass is 420 g/mol. The zero-order valence-corrected chi connectivity index (χ0v) is 17.3. The molecule has 2 fully saturated rings. The molecule has 1 amide bonds. The van der Waals surface area contributed by atoms with Crippen LogP contribution >= 0.6 is 15.9 Å². The molecule has 0 aromatic heterocycles. The van der Waals surface area contributed by atoms with Gasteiger partial charge in [-0.3, -0.25) is 9.79 Å². The molecule has 1 aromatic carbocycles. The smallest absolute Gasteiger partial charge is 0.222 e. The van der Waals surface area contributed by atoms with E-state index in [2.05, 4.69) is 57.8 Å². The Kier molecular flexibility index (Phi) is 6.22. The lowest BCUT2D eigenvalue weighted by Gasteiger charge is -2.20. The van der Waals surface area contributed by atoms with E-state index in [1.165, 1.54) is 18.4 Å². The maximum absolute atomic E-state index is 11.9. The van der Waals surface area contributed by atoms with E-state index in [1.807, 2.05) is 11.8 Å². The predicted molar refractivity (Wildman–Crippen MR) is 109 cm³/mol. The maximum atomic E-state index is 11.9. The van der Waals surface area contributed by atoms with Crippen molar-refractivity contribution in [1.29, 1.82) is 0 Å². The highest BCUT2D eigenvalue weighted by Crippen LogP contribution is 2.48. The van der Waals surface area contributed by atoms with Crippen LogP contribution in [0, 0.1) is 0 Å². The van der Waals surface area contributed by atoms with Crippen LogP contribution in [0.5, 0.6) is 0 Å². The van der Waals surface area contributed by atoms with Gasteiger partial charge < -0.3 is 15.5 Å². The predicted octanol–water partition coefficient (Wildman–Crippen LogP) is 3.05.